The van der Waals surface area contributed by atoms with Crippen LogP contribution in [0.3, 0.4) is 0 Å². The van der Waals surface area contributed by atoms with Gasteiger partial charge in [0.05, 0.1) is 0 Å². The van der Waals surface area contributed by atoms with Crippen LogP contribution in [0.2, 0.25) is 0 Å². The Morgan fingerprint density at radius 1 is 1.25 bits per heavy atom. The van der Waals surface area contributed by atoms with Crippen molar-refractivity contribution in [3.05, 3.63) is 0 Å². The number of hydrogen-bond donors (Lipinski definition) is 0. The van der Waals surface area contributed by atoms with Crippen LogP contribution in [0.5, 0.6) is 0 Å². The fourth-order valence-electron chi connectivity index (χ4n) is 0. The van der Waals surface area contributed by atoms with Gasteiger partial charge in [-0.15, -0.1) is 0 Å². The molecule has 0 heterocycles. The van der Waals surface area contributed by atoms with Gasteiger partial charge in [0.2, 0.25) is 0 Å². The third-order valence-corrected chi connectivity index (χ3v) is 0. The molecule has 0 aliphatic rings. The molecule has 4 heavy (non-hydrogen) atoms. The quantitative estimate of drug-likeness (QED) is 0.502. The van der Waals surface area contributed by atoms with E-state index in [1.54, 1.807) is 0 Å². The second kappa shape index (κ2) is 18.1. The first kappa shape index (κ1) is 16.1. The van der Waals surface area contributed by atoms with Gasteiger partial charge in [-0.05, 0) is 0 Å². The first-order valence-electron chi connectivity index (χ1n) is 0.204. The van der Waals surface area contributed by atoms with Gasteiger partial charge in [0, 0.05) is 35.6 Å². The Morgan fingerprint density at radius 2 is 1.25 bits per heavy atom. The van der Waals surface area contributed by atoms with Gasteiger partial charge in [-0.2, -0.15) is 0 Å². The average Bonchev–Trinajstić information content (AvgIpc) is 1.00. The summed E-state index contributed by atoms with van der Waals surface area (Å²) in [5, 5.41) is 0. The van der Waals surface area contributed by atoms with Crippen molar-refractivity contribution in [3.8, 4) is 0 Å². The maximum atomic E-state index is 8.34. The predicted octanol–water partition coefficient (Wildman–Crippen LogP) is -1.31. The molecule has 0 rings (SSSR count). The van der Waals surface area contributed by atoms with Gasteiger partial charge < -0.3 is 0 Å². The summed E-state index contributed by atoms with van der Waals surface area (Å²) in [7, 11) is 0. The van der Waals surface area contributed by atoms with Crippen LogP contribution in [0.4, 0.5) is 0 Å². The fourth-order valence-corrected chi connectivity index (χ4v) is 0. The topological polar surface area (TPSA) is 17.1 Å². The summed E-state index contributed by atoms with van der Waals surface area (Å²) >= 11 is 0.300. The Kier molecular flexibility index (Phi) is 73.1. The molecule has 1 nitrogen and oxygen atoms in total. The summed E-state index contributed by atoms with van der Waals surface area (Å²) in [4.78, 5) is 0. The van der Waals surface area contributed by atoms with Crippen LogP contribution in [0.15, 0.2) is 0 Å². The maximum absolute atomic E-state index is 8.34. The molecule has 0 aliphatic heterocycles. The zero-order valence-electron chi connectivity index (χ0n) is 1.49. The van der Waals surface area contributed by atoms with Crippen LogP contribution in [-0.4, -0.2) is 17.4 Å². The first-order valence-corrected chi connectivity index (χ1v) is 1.21. The van der Waals surface area contributed by atoms with E-state index in [1.165, 1.54) is 0 Å². The van der Waals surface area contributed by atoms with Crippen molar-refractivity contribution < 1.29 is 63.1 Å². The molecule has 19 valence electrons. The Balaban J connectivity index is -0.00000000500. The SMILES string of the molecule is [AlH3].[La].[O]=[Zr]. The summed E-state index contributed by atoms with van der Waals surface area (Å²) in [6.07, 6.45) is 0. The van der Waals surface area contributed by atoms with E-state index in [2.05, 4.69) is 0 Å². The summed E-state index contributed by atoms with van der Waals surface area (Å²) in [5.41, 5.74) is 0. The van der Waals surface area contributed by atoms with Gasteiger partial charge in [-0.25, -0.2) is 0 Å². The standard InChI is InChI=1S/Al.La.O.Zr.3H. The van der Waals surface area contributed by atoms with Crippen LogP contribution >= 0.6 is 0 Å². The molecule has 0 amide bonds. The molecule has 0 spiro atoms. The van der Waals surface area contributed by atoms with E-state index < -0.39 is 0 Å². The normalized spacial score (nSPS) is 0.750. The average molecular weight is 276 g/mol. The van der Waals surface area contributed by atoms with E-state index >= 15 is 0 Å². The minimum absolute atomic E-state index is 0. The van der Waals surface area contributed by atoms with Crippen molar-refractivity contribution in [2.24, 2.45) is 0 Å². The third kappa shape index (κ3) is 8.83. The molecule has 0 N–H and O–H groups in total. The monoisotopic (exact) mass is 275 g/mol. The molecule has 0 atom stereocenters. The minimum atomic E-state index is 0. The van der Waals surface area contributed by atoms with Crippen molar-refractivity contribution in [1.29, 1.82) is 0 Å². The second-order valence-corrected chi connectivity index (χ2v) is 0. The fraction of sp³-hybridized carbons (Fsp3) is 0. The Hall–Kier alpha value is 2.41. The van der Waals surface area contributed by atoms with Crippen LogP contribution < -0.4 is 0 Å². The Morgan fingerprint density at radius 3 is 1.25 bits per heavy atom. The predicted molar refractivity (Wildman–Crippen MR) is 10.6 cm³/mol. The molecule has 1 radical (unpaired) electrons. The summed E-state index contributed by atoms with van der Waals surface area (Å²) in [6, 6.07) is 0. The van der Waals surface area contributed by atoms with Crippen molar-refractivity contribution in [2.45, 2.75) is 0 Å². The van der Waals surface area contributed by atoms with Crippen LogP contribution in [0.25, 0.3) is 0 Å². The van der Waals surface area contributed by atoms with Gasteiger partial charge in [0.15, 0.2) is 17.4 Å². The van der Waals surface area contributed by atoms with E-state index in [1.807, 2.05) is 0 Å². The van der Waals surface area contributed by atoms with Crippen LogP contribution in [0.1, 0.15) is 0 Å². The van der Waals surface area contributed by atoms with E-state index in [0.717, 1.165) is 0 Å². The van der Waals surface area contributed by atoms with Crippen molar-refractivity contribution in [3.63, 3.8) is 0 Å². The molecule has 0 aliphatic carbocycles. The molecule has 0 aromatic carbocycles. The van der Waals surface area contributed by atoms with E-state index in [4.69, 9.17) is 2.81 Å². The van der Waals surface area contributed by atoms with Gasteiger partial charge in [-0.1, -0.05) is 0 Å². The van der Waals surface area contributed by atoms with Crippen molar-refractivity contribution >= 4 is 17.4 Å². The number of hydrogen-bond acceptors (Lipinski definition) is 1. The first-order chi connectivity index (χ1) is 1.00. The van der Waals surface area contributed by atoms with Gasteiger partial charge in [0.25, 0.3) is 0 Å². The molecule has 0 fully saturated rings. The Bertz CT molecular complexity index is 8.00. The second-order valence-electron chi connectivity index (χ2n) is 0. The molecule has 0 saturated heterocycles. The zero-order chi connectivity index (χ0) is 2.00. The molecule has 0 aromatic rings. The summed E-state index contributed by atoms with van der Waals surface area (Å²) in [5.74, 6) is 0. The molecular weight excluding hydrogens is 273 g/mol. The molecule has 0 unspecified atom stereocenters. The summed E-state index contributed by atoms with van der Waals surface area (Å²) in [6.45, 7) is 0. The van der Waals surface area contributed by atoms with Gasteiger partial charge in [-0.3, -0.25) is 0 Å². The Labute approximate surface area is 78.9 Å². The van der Waals surface area contributed by atoms with Crippen molar-refractivity contribution in [1.82, 2.24) is 0 Å². The van der Waals surface area contributed by atoms with Gasteiger partial charge in [0.1, 0.15) is 0 Å². The number of rotatable bonds is 0. The van der Waals surface area contributed by atoms with Crippen molar-refractivity contribution in [2.75, 3.05) is 0 Å². The zero-order valence-corrected chi connectivity index (χ0v) is 7.57. The molecule has 0 saturated carbocycles. The van der Waals surface area contributed by atoms with E-state index in [-0.39, 0.29) is 53.0 Å². The van der Waals surface area contributed by atoms with Crippen LogP contribution in [-0.2, 0) is 27.5 Å². The molecule has 0 bridgehead atoms. The van der Waals surface area contributed by atoms with Crippen LogP contribution in [0, 0.1) is 35.6 Å². The van der Waals surface area contributed by atoms with E-state index in [0.29, 0.717) is 24.7 Å². The molecular formula is H3AlLaOZr. The molecule has 0 aromatic heterocycles. The molecule has 4 heteroatoms. The summed E-state index contributed by atoms with van der Waals surface area (Å²) < 4.78 is 8.34. The third-order valence-electron chi connectivity index (χ3n) is 0. The van der Waals surface area contributed by atoms with Gasteiger partial charge >= 0.3 is 27.5 Å². The van der Waals surface area contributed by atoms with E-state index in [9.17, 15) is 0 Å².